The van der Waals surface area contributed by atoms with E-state index in [2.05, 4.69) is 23.0 Å². The van der Waals surface area contributed by atoms with Crippen LogP contribution < -0.4 is 10.9 Å². The minimum absolute atomic E-state index is 0.0919. The second-order valence-electron chi connectivity index (χ2n) is 7.99. The van der Waals surface area contributed by atoms with Gasteiger partial charge in [-0.25, -0.2) is 4.79 Å². The molecule has 146 valence electrons. The Hall–Kier alpha value is -2.05. The first-order chi connectivity index (χ1) is 12.3. The van der Waals surface area contributed by atoms with Crippen molar-refractivity contribution >= 4 is 17.9 Å². The Balaban J connectivity index is 1.85. The predicted molar refractivity (Wildman–Crippen MR) is 98.0 cm³/mol. The zero-order chi connectivity index (χ0) is 19.2. The van der Waals surface area contributed by atoms with Crippen LogP contribution in [-0.2, 0) is 14.3 Å². The van der Waals surface area contributed by atoms with Crippen molar-refractivity contribution in [1.29, 1.82) is 0 Å². The summed E-state index contributed by atoms with van der Waals surface area (Å²) in [4.78, 5) is 38.5. The lowest BCUT2D eigenvalue weighted by molar-refractivity contribution is -0.133. The molecule has 1 heterocycles. The molecule has 0 aromatic rings. The average Bonchev–Trinajstić information content (AvgIpc) is 3.00. The lowest BCUT2D eigenvalue weighted by Gasteiger charge is -2.28. The zero-order valence-electron chi connectivity index (χ0n) is 16.0. The number of carbonyl (C=O) groups is 3. The summed E-state index contributed by atoms with van der Waals surface area (Å²) in [6.07, 6.45) is 9.51. The summed E-state index contributed by atoms with van der Waals surface area (Å²) in [7, 11) is 0. The maximum absolute atomic E-state index is 12.4. The first-order valence-corrected chi connectivity index (χ1v) is 9.52. The second kappa shape index (κ2) is 9.05. The van der Waals surface area contributed by atoms with Gasteiger partial charge in [-0.1, -0.05) is 12.2 Å². The lowest BCUT2D eigenvalue weighted by atomic mass is 9.93. The Kier molecular flexibility index (Phi) is 7.06. The lowest BCUT2D eigenvalue weighted by Crippen LogP contribution is -2.53. The van der Waals surface area contributed by atoms with Crippen LogP contribution in [-0.4, -0.2) is 41.0 Å². The number of hydrogen-bond donors (Lipinski definition) is 2. The van der Waals surface area contributed by atoms with Gasteiger partial charge in [0.25, 0.3) is 5.91 Å². The fourth-order valence-electron chi connectivity index (χ4n) is 3.31. The van der Waals surface area contributed by atoms with E-state index in [1.165, 1.54) is 4.90 Å². The largest absolute Gasteiger partial charge is 0.444 e. The molecule has 2 N–H and O–H groups in total. The van der Waals surface area contributed by atoms with Crippen LogP contribution in [0.2, 0.25) is 0 Å². The van der Waals surface area contributed by atoms with Crippen LogP contribution in [0, 0.1) is 5.92 Å². The number of ether oxygens (including phenoxy) is 1. The van der Waals surface area contributed by atoms with Crippen molar-refractivity contribution in [2.45, 2.75) is 77.4 Å². The Labute approximate surface area is 155 Å². The van der Waals surface area contributed by atoms with Gasteiger partial charge in [0.1, 0.15) is 11.6 Å². The number of amides is 3. The molecule has 7 heteroatoms. The SMILES string of the molecule is CC(C)(C)OC(=O)N1CCC[C@H]1C(=O)NNC(=O)C1CC/C=C\CCC1. The van der Waals surface area contributed by atoms with Crippen LogP contribution in [0.15, 0.2) is 12.2 Å². The summed E-state index contributed by atoms with van der Waals surface area (Å²) in [5, 5.41) is 0. The maximum Gasteiger partial charge on any atom is 0.410 e. The monoisotopic (exact) mass is 365 g/mol. The van der Waals surface area contributed by atoms with Crippen molar-refractivity contribution in [2.75, 3.05) is 6.54 Å². The highest BCUT2D eigenvalue weighted by molar-refractivity contribution is 5.88. The van der Waals surface area contributed by atoms with E-state index in [-0.39, 0.29) is 17.7 Å². The van der Waals surface area contributed by atoms with Gasteiger partial charge < -0.3 is 4.74 Å². The number of hydrogen-bond acceptors (Lipinski definition) is 4. The van der Waals surface area contributed by atoms with Crippen molar-refractivity contribution in [3.63, 3.8) is 0 Å². The highest BCUT2D eigenvalue weighted by Crippen LogP contribution is 2.21. The molecule has 1 aliphatic carbocycles. The van der Waals surface area contributed by atoms with Crippen LogP contribution in [0.25, 0.3) is 0 Å². The molecular formula is C19H31N3O4. The van der Waals surface area contributed by atoms with E-state index in [4.69, 9.17) is 4.74 Å². The van der Waals surface area contributed by atoms with Gasteiger partial charge in [0.05, 0.1) is 0 Å². The van der Waals surface area contributed by atoms with Gasteiger partial charge >= 0.3 is 6.09 Å². The van der Waals surface area contributed by atoms with Gasteiger partial charge in [-0.05, 0) is 65.7 Å². The number of rotatable bonds is 2. The summed E-state index contributed by atoms with van der Waals surface area (Å²) < 4.78 is 5.36. The third kappa shape index (κ3) is 6.04. The standard InChI is InChI=1S/C19H31N3O4/c1-19(2,3)26-18(25)22-13-9-12-15(22)17(24)21-20-16(23)14-10-7-5-4-6-8-11-14/h4-5,14-15H,6-13H2,1-3H3,(H,20,23)(H,21,24)/b5-4-/t14?,15-/m0/s1. The van der Waals surface area contributed by atoms with Crippen molar-refractivity contribution < 1.29 is 19.1 Å². The van der Waals surface area contributed by atoms with Gasteiger partial charge in [-0.15, -0.1) is 0 Å². The zero-order valence-corrected chi connectivity index (χ0v) is 16.0. The molecule has 0 bridgehead atoms. The minimum atomic E-state index is -0.610. The maximum atomic E-state index is 12.4. The number of allylic oxidation sites excluding steroid dienone is 2. The van der Waals surface area contributed by atoms with Crippen molar-refractivity contribution in [2.24, 2.45) is 5.92 Å². The summed E-state index contributed by atoms with van der Waals surface area (Å²) in [6, 6.07) is -0.606. The predicted octanol–water partition coefficient (Wildman–Crippen LogP) is 2.67. The van der Waals surface area contributed by atoms with Gasteiger partial charge in [-0.2, -0.15) is 0 Å². The summed E-state index contributed by atoms with van der Waals surface area (Å²) in [5.74, 6) is -0.617. The minimum Gasteiger partial charge on any atom is -0.444 e. The fourth-order valence-corrected chi connectivity index (χ4v) is 3.31. The second-order valence-corrected chi connectivity index (χ2v) is 7.99. The molecule has 0 spiro atoms. The van der Waals surface area contributed by atoms with Crippen LogP contribution >= 0.6 is 0 Å². The molecule has 0 radical (unpaired) electrons. The third-order valence-corrected chi connectivity index (χ3v) is 4.63. The van der Waals surface area contributed by atoms with E-state index in [9.17, 15) is 14.4 Å². The van der Waals surface area contributed by atoms with E-state index in [1.54, 1.807) is 20.8 Å². The first-order valence-electron chi connectivity index (χ1n) is 9.52. The molecule has 1 aliphatic heterocycles. The van der Waals surface area contributed by atoms with Gasteiger partial charge in [0, 0.05) is 12.5 Å². The molecular weight excluding hydrogens is 334 g/mol. The van der Waals surface area contributed by atoms with Crippen LogP contribution in [0.4, 0.5) is 4.79 Å². The number of hydrazine groups is 1. The van der Waals surface area contributed by atoms with Crippen molar-refractivity contribution in [1.82, 2.24) is 15.8 Å². The van der Waals surface area contributed by atoms with Crippen LogP contribution in [0.3, 0.4) is 0 Å². The molecule has 2 rings (SSSR count). The third-order valence-electron chi connectivity index (χ3n) is 4.63. The molecule has 0 saturated carbocycles. The van der Waals surface area contributed by atoms with E-state index >= 15 is 0 Å². The van der Waals surface area contributed by atoms with E-state index < -0.39 is 17.7 Å². The quantitative estimate of drug-likeness (QED) is 0.582. The molecule has 0 aromatic carbocycles. The van der Waals surface area contributed by atoms with E-state index in [0.29, 0.717) is 13.0 Å². The molecule has 3 amide bonds. The Bertz CT molecular complexity index is 553. The Morgan fingerprint density at radius 1 is 0.962 bits per heavy atom. The number of nitrogens with one attached hydrogen (secondary N) is 2. The summed E-state index contributed by atoms with van der Waals surface area (Å²) in [5.41, 5.74) is 4.43. The van der Waals surface area contributed by atoms with Gasteiger partial charge in [-0.3, -0.25) is 25.3 Å². The number of likely N-dealkylation sites (tertiary alicyclic amines) is 1. The first kappa shape index (κ1) is 20.3. The summed E-state index contributed by atoms with van der Waals surface area (Å²) in [6.45, 7) is 5.86. The Morgan fingerprint density at radius 3 is 2.38 bits per heavy atom. The molecule has 0 aromatic heterocycles. The molecule has 7 nitrogen and oxygen atoms in total. The normalized spacial score (nSPS) is 25.0. The molecule has 2 aliphatic rings. The van der Waals surface area contributed by atoms with Crippen LogP contribution in [0.5, 0.6) is 0 Å². The molecule has 2 atom stereocenters. The molecule has 1 unspecified atom stereocenters. The smallest absolute Gasteiger partial charge is 0.410 e. The molecule has 1 fully saturated rings. The van der Waals surface area contributed by atoms with Crippen molar-refractivity contribution in [3.05, 3.63) is 12.2 Å². The topological polar surface area (TPSA) is 87.7 Å². The average molecular weight is 365 g/mol. The fraction of sp³-hybridized carbons (Fsp3) is 0.737. The number of carbonyl (C=O) groups excluding carboxylic acids is 3. The van der Waals surface area contributed by atoms with Gasteiger partial charge in [0.2, 0.25) is 5.91 Å². The van der Waals surface area contributed by atoms with E-state index in [0.717, 1.165) is 38.5 Å². The highest BCUT2D eigenvalue weighted by atomic mass is 16.6. The highest BCUT2D eigenvalue weighted by Gasteiger charge is 2.36. The van der Waals surface area contributed by atoms with E-state index in [1.807, 2.05) is 0 Å². The molecule has 1 saturated heterocycles. The summed E-state index contributed by atoms with van der Waals surface area (Å²) >= 11 is 0. The van der Waals surface area contributed by atoms with Gasteiger partial charge in [0.15, 0.2) is 0 Å². The number of nitrogens with zero attached hydrogens (tertiary/aromatic N) is 1. The molecule has 26 heavy (non-hydrogen) atoms. The van der Waals surface area contributed by atoms with Crippen LogP contribution in [0.1, 0.15) is 65.7 Å². The Morgan fingerprint density at radius 2 is 1.65 bits per heavy atom. The van der Waals surface area contributed by atoms with Crippen molar-refractivity contribution in [3.8, 4) is 0 Å².